The number of sulfonamides is 1. The highest BCUT2D eigenvalue weighted by molar-refractivity contribution is 7.89. The first-order valence-electron chi connectivity index (χ1n) is 7.99. The molecule has 0 saturated heterocycles. The van der Waals surface area contributed by atoms with Gasteiger partial charge in [-0.25, -0.2) is 13.1 Å². The molecule has 2 aromatic carbocycles. The number of nitro groups is 1. The molecule has 1 heterocycles. The van der Waals surface area contributed by atoms with Gasteiger partial charge < -0.3 is 0 Å². The highest BCUT2D eigenvalue weighted by atomic mass is 32.2. The summed E-state index contributed by atoms with van der Waals surface area (Å²) in [5.41, 5.74) is 0.979. The topological polar surface area (TPSA) is 111 Å². The molecule has 136 valence electrons. The zero-order chi connectivity index (χ0) is 18.9. The van der Waals surface area contributed by atoms with Gasteiger partial charge in [-0.05, 0) is 24.3 Å². The van der Waals surface area contributed by atoms with E-state index in [1.165, 1.54) is 21.1 Å². The van der Waals surface area contributed by atoms with E-state index in [0.29, 0.717) is 11.0 Å². The van der Waals surface area contributed by atoms with Crippen molar-refractivity contribution in [3.05, 3.63) is 52.6 Å². The van der Waals surface area contributed by atoms with Crippen molar-refractivity contribution in [1.29, 1.82) is 0 Å². The number of nitrogens with zero attached hydrogens (tertiary/aromatic N) is 5. The number of nitro benzene ring substituents is 1. The van der Waals surface area contributed by atoms with Gasteiger partial charge in [0.2, 0.25) is 10.0 Å². The molecule has 0 aliphatic carbocycles. The smallest absolute Gasteiger partial charge is 0.258 e. The zero-order valence-corrected chi connectivity index (χ0v) is 15.0. The van der Waals surface area contributed by atoms with E-state index in [1.54, 1.807) is 38.1 Å². The van der Waals surface area contributed by atoms with Crippen LogP contribution in [0.2, 0.25) is 0 Å². The quantitative estimate of drug-likeness (QED) is 0.483. The Kier molecular flexibility index (Phi) is 4.70. The number of benzene rings is 2. The summed E-state index contributed by atoms with van der Waals surface area (Å²) in [7, 11) is -3.80. The van der Waals surface area contributed by atoms with Gasteiger partial charge in [0.15, 0.2) is 0 Å². The Morgan fingerprint density at radius 2 is 1.85 bits per heavy atom. The van der Waals surface area contributed by atoms with Crippen molar-refractivity contribution in [2.75, 3.05) is 13.1 Å². The highest BCUT2D eigenvalue weighted by Gasteiger charge is 2.27. The molecule has 9 nitrogen and oxygen atoms in total. The molecule has 1 aromatic heterocycles. The molecule has 0 atom stereocenters. The van der Waals surface area contributed by atoms with Crippen LogP contribution < -0.4 is 0 Å². The first-order chi connectivity index (χ1) is 12.4. The first-order valence-corrected chi connectivity index (χ1v) is 9.43. The standard InChI is InChI=1S/C16H17N5O4S/c1-3-19(4-2)26(24,25)12-9-10-15(16(11-12)21(22)23)20-14-8-6-5-7-13(14)17-18-20/h5-11H,3-4H2,1-2H3. The van der Waals surface area contributed by atoms with Crippen LogP contribution in [0.4, 0.5) is 5.69 Å². The number of hydrogen-bond donors (Lipinski definition) is 0. The van der Waals surface area contributed by atoms with Crippen LogP contribution in [0, 0.1) is 10.1 Å². The molecule has 0 spiro atoms. The van der Waals surface area contributed by atoms with Gasteiger partial charge in [0.05, 0.1) is 15.3 Å². The van der Waals surface area contributed by atoms with E-state index < -0.39 is 14.9 Å². The summed E-state index contributed by atoms with van der Waals surface area (Å²) >= 11 is 0. The lowest BCUT2D eigenvalue weighted by molar-refractivity contribution is -0.384. The van der Waals surface area contributed by atoms with Crippen molar-refractivity contribution in [2.45, 2.75) is 18.7 Å². The molecule has 3 rings (SSSR count). The minimum atomic E-state index is -3.80. The molecular formula is C16H17N5O4S. The number of aromatic nitrogens is 3. The van der Waals surface area contributed by atoms with Crippen molar-refractivity contribution in [3.63, 3.8) is 0 Å². The fourth-order valence-corrected chi connectivity index (χ4v) is 4.23. The van der Waals surface area contributed by atoms with Gasteiger partial charge >= 0.3 is 0 Å². The van der Waals surface area contributed by atoms with Gasteiger partial charge in [-0.3, -0.25) is 10.1 Å². The molecule has 3 aromatic rings. The number of hydrogen-bond acceptors (Lipinski definition) is 6. The number of rotatable bonds is 6. The molecule has 0 aliphatic rings. The summed E-state index contributed by atoms with van der Waals surface area (Å²) in [6, 6.07) is 10.8. The largest absolute Gasteiger partial charge is 0.296 e. The number of fused-ring (bicyclic) bond motifs is 1. The van der Waals surface area contributed by atoms with Crippen molar-refractivity contribution in [1.82, 2.24) is 19.3 Å². The molecule has 0 radical (unpaired) electrons. The second kappa shape index (κ2) is 6.81. The number of para-hydroxylation sites is 1. The Morgan fingerprint density at radius 1 is 1.15 bits per heavy atom. The lowest BCUT2D eigenvalue weighted by Gasteiger charge is -2.18. The van der Waals surface area contributed by atoms with E-state index in [-0.39, 0.29) is 29.4 Å². The van der Waals surface area contributed by atoms with Crippen molar-refractivity contribution in [3.8, 4) is 5.69 Å². The van der Waals surface area contributed by atoms with E-state index in [2.05, 4.69) is 10.3 Å². The van der Waals surface area contributed by atoms with Crippen molar-refractivity contribution in [2.24, 2.45) is 0 Å². The third-order valence-electron chi connectivity index (χ3n) is 4.07. The molecule has 0 amide bonds. The van der Waals surface area contributed by atoms with Gasteiger partial charge in [-0.2, -0.15) is 4.31 Å². The summed E-state index contributed by atoms with van der Waals surface area (Å²) in [6.07, 6.45) is 0. The molecule has 26 heavy (non-hydrogen) atoms. The van der Waals surface area contributed by atoms with E-state index in [4.69, 9.17) is 0 Å². The van der Waals surface area contributed by atoms with Crippen molar-refractivity contribution >= 4 is 26.7 Å². The second-order valence-corrected chi connectivity index (χ2v) is 7.42. The lowest BCUT2D eigenvalue weighted by Crippen LogP contribution is -2.30. The average molecular weight is 375 g/mol. The maximum Gasteiger partial charge on any atom is 0.296 e. The molecule has 0 bridgehead atoms. The average Bonchev–Trinajstić information content (AvgIpc) is 3.06. The van der Waals surface area contributed by atoms with Crippen LogP contribution in [0.5, 0.6) is 0 Å². The fourth-order valence-electron chi connectivity index (χ4n) is 2.75. The van der Waals surface area contributed by atoms with Crippen molar-refractivity contribution < 1.29 is 13.3 Å². The van der Waals surface area contributed by atoms with Gasteiger partial charge in [0.1, 0.15) is 11.2 Å². The summed E-state index contributed by atoms with van der Waals surface area (Å²) in [5.74, 6) is 0. The van der Waals surface area contributed by atoms with Crippen LogP contribution in [0.15, 0.2) is 47.4 Å². The molecule has 0 saturated carbocycles. The summed E-state index contributed by atoms with van der Waals surface area (Å²) in [6.45, 7) is 3.99. The molecular weight excluding hydrogens is 358 g/mol. The van der Waals surface area contributed by atoms with Crippen LogP contribution >= 0.6 is 0 Å². The Labute approximate surface area is 150 Å². The Balaban J connectivity index is 2.19. The van der Waals surface area contributed by atoms with Gasteiger partial charge in [-0.1, -0.05) is 31.2 Å². The zero-order valence-electron chi connectivity index (χ0n) is 14.2. The fraction of sp³-hybridized carbons (Fsp3) is 0.250. The molecule has 0 unspecified atom stereocenters. The van der Waals surface area contributed by atoms with E-state index in [1.807, 2.05) is 0 Å². The van der Waals surface area contributed by atoms with E-state index >= 15 is 0 Å². The second-order valence-electron chi connectivity index (χ2n) is 5.49. The molecule has 0 N–H and O–H groups in total. The monoisotopic (exact) mass is 375 g/mol. The SMILES string of the molecule is CCN(CC)S(=O)(=O)c1ccc(-n2nnc3ccccc32)c([N+](=O)[O-])c1. The Bertz CT molecular complexity index is 1070. The minimum absolute atomic E-state index is 0.124. The van der Waals surface area contributed by atoms with Gasteiger partial charge in [0.25, 0.3) is 5.69 Å². The summed E-state index contributed by atoms with van der Waals surface area (Å²) in [5, 5.41) is 19.5. The molecule has 10 heteroatoms. The summed E-state index contributed by atoms with van der Waals surface area (Å²) in [4.78, 5) is 10.8. The lowest BCUT2D eigenvalue weighted by atomic mass is 10.2. The third kappa shape index (κ3) is 2.93. The minimum Gasteiger partial charge on any atom is -0.258 e. The van der Waals surface area contributed by atoms with Crippen LogP contribution in [-0.4, -0.2) is 45.7 Å². The highest BCUT2D eigenvalue weighted by Crippen LogP contribution is 2.29. The van der Waals surface area contributed by atoms with Crippen LogP contribution in [-0.2, 0) is 10.0 Å². The Morgan fingerprint density at radius 3 is 2.50 bits per heavy atom. The maximum atomic E-state index is 12.6. The first kappa shape index (κ1) is 18.0. The van der Waals surface area contributed by atoms with E-state index in [0.717, 1.165) is 6.07 Å². The third-order valence-corrected chi connectivity index (χ3v) is 6.11. The normalized spacial score (nSPS) is 12.0. The van der Waals surface area contributed by atoms with Gasteiger partial charge in [0, 0.05) is 19.2 Å². The van der Waals surface area contributed by atoms with E-state index in [9.17, 15) is 18.5 Å². The maximum absolute atomic E-state index is 12.6. The van der Waals surface area contributed by atoms with Crippen LogP contribution in [0.1, 0.15) is 13.8 Å². The Hall–Kier alpha value is -2.85. The van der Waals surface area contributed by atoms with Crippen LogP contribution in [0.3, 0.4) is 0 Å². The van der Waals surface area contributed by atoms with Crippen LogP contribution in [0.25, 0.3) is 16.7 Å². The predicted octanol–water partition coefficient (Wildman–Crippen LogP) is 2.36. The molecule has 0 aliphatic heterocycles. The van der Waals surface area contributed by atoms with Gasteiger partial charge in [-0.15, -0.1) is 5.10 Å². The molecule has 0 fully saturated rings. The predicted molar refractivity (Wildman–Crippen MR) is 95.6 cm³/mol. The summed E-state index contributed by atoms with van der Waals surface area (Å²) < 4.78 is 27.9.